The summed E-state index contributed by atoms with van der Waals surface area (Å²) >= 11 is 0. The molecule has 2 aromatic carbocycles. The van der Waals surface area contributed by atoms with E-state index in [1.165, 1.54) is 0 Å². The highest BCUT2D eigenvalue weighted by Gasteiger charge is 2.18. The standard InChI is InChI=1S/C17H14N4O2/c1-21-8-19-16-13(21)6-5-11-15(16)14(17(18)22)10-4-3-9(23-2)7-12(10)20-11/h3-8H,1-2H3,(H2,18,22). The third kappa shape index (κ3) is 1.85. The van der Waals surface area contributed by atoms with Crippen molar-refractivity contribution in [2.24, 2.45) is 12.8 Å². The number of ether oxygens (including phenoxy) is 1. The quantitative estimate of drug-likeness (QED) is 0.576. The number of aromatic nitrogens is 3. The van der Waals surface area contributed by atoms with Gasteiger partial charge in [-0.3, -0.25) is 4.79 Å². The number of hydrogen-bond acceptors (Lipinski definition) is 4. The molecule has 6 nitrogen and oxygen atoms in total. The molecule has 0 spiro atoms. The van der Waals surface area contributed by atoms with E-state index in [1.54, 1.807) is 25.6 Å². The molecule has 114 valence electrons. The summed E-state index contributed by atoms with van der Waals surface area (Å²) in [6.45, 7) is 0. The number of carbonyl (C=O) groups excluding carboxylic acids is 1. The number of amides is 1. The van der Waals surface area contributed by atoms with Gasteiger partial charge in [-0.25, -0.2) is 9.97 Å². The van der Waals surface area contributed by atoms with E-state index < -0.39 is 5.91 Å². The number of methoxy groups -OCH3 is 1. The zero-order valence-electron chi connectivity index (χ0n) is 12.7. The summed E-state index contributed by atoms with van der Waals surface area (Å²) in [6, 6.07) is 9.21. The topological polar surface area (TPSA) is 83.0 Å². The number of primary amides is 1. The second-order valence-electron chi connectivity index (χ2n) is 5.42. The van der Waals surface area contributed by atoms with E-state index in [9.17, 15) is 4.79 Å². The Labute approximate surface area is 131 Å². The molecule has 2 N–H and O–H groups in total. The molecule has 0 aliphatic heterocycles. The first-order valence-corrected chi connectivity index (χ1v) is 7.11. The zero-order valence-corrected chi connectivity index (χ0v) is 12.7. The number of nitrogens with two attached hydrogens (primary N) is 1. The van der Waals surface area contributed by atoms with Crippen LogP contribution in [0.1, 0.15) is 10.4 Å². The van der Waals surface area contributed by atoms with Gasteiger partial charge < -0.3 is 15.0 Å². The molecule has 2 aromatic heterocycles. The molecule has 2 heterocycles. The molecular weight excluding hydrogens is 292 g/mol. The fourth-order valence-electron chi connectivity index (χ4n) is 2.99. The lowest BCUT2D eigenvalue weighted by Gasteiger charge is -2.10. The van der Waals surface area contributed by atoms with Gasteiger partial charge in [0.05, 0.1) is 41.1 Å². The molecule has 4 rings (SSSR count). The molecule has 1 amide bonds. The lowest BCUT2D eigenvalue weighted by atomic mass is 10.0. The van der Waals surface area contributed by atoms with E-state index in [1.807, 2.05) is 29.8 Å². The van der Waals surface area contributed by atoms with Crippen molar-refractivity contribution >= 4 is 38.7 Å². The van der Waals surface area contributed by atoms with Crippen LogP contribution < -0.4 is 10.5 Å². The molecular formula is C17H14N4O2. The van der Waals surface area contributed by atoms with Crippen molar-refractivity contribution in [1.29, 1.82) is 0 Å². The highest BCUT2D eigenvalue weighted by Crippen LogP contribution is 2.32. The first-order valence-electron chi connectivity index (χ1n) is 7.11. The predicted octanol–water partition coefficient (Wildman–Crippen LogP) is 2.38. The minimum absolute atomic E-state index is 0.442. The fraction of sp³-hybridized carbons (Fsp3) is 0.118. The van der Waals surface area contributed by atoms with Gasteiger partial charge >= 0.3 is 0 Å². The SMILES string of the molecule is COc1ccc2c(C(N)=O)c3c(ccc4c3ncn4C)nc2c1. The van der Waals surface area contributed by atoms with Gasteiger partial charge in [0.1, 0.15) is 5.75 Å². The zero-order chi connectivity index (χ0) is 16.1. The molecule has 0 radical (unpaired) electrons. The molecule has 0 aliphatic rings. The number of imidazole rings is 1. The van der Waals surface area contributed by atoms with Crippen LogP contribution in [0.25, 0.3) is 32.8 Å². The summed E-state index contributed by atoms with van der Waals surface area (Å²) < 4.78 is 7.14. The van der Waals surface area contributed by atoms with E-state index >= 15 is 0 Å². The minimum Gasteiger partial charge on any atom is -0.497 e. The second-order valence-corrected chi connectivity index (χ2v) is 5.42. The fourth-order valence-corrected chi connectivity index (χ4v) is 2.99. The van der Waals surface area contributed by atoms with Crippen LogP contribution in [0.4, 0.5) is 0 Å². The number of pyridine rings is 1. The van der Waals surface area contributed by atoms with E-state index in [4.69, 9.17) is 10.5 Å². The van der Waals surface area contributed by atoms with Crippen LogP contribution in [0.5, 0.6) is 5.75 Å². The summed E-state index contributed by atoms with van der Waals surface area (Å²) in [5, 5.41) is 1.39. The first-order chi connectivity index (χ1) is 11.1. The molecule has 4 aromatic rings. The molecule has 0 saturated carbocycles. The number of fused-ring (bicyclic) bond motifs is 4. The lowest BCUT2D eigenvalue weighted by Crippen LogP contribution is -2.13. The Morgan fingerprint density at radius 1 is 1.22 bits per heavy atom. The maximum absolute atomic E-state index is 12.2. The van der Waals surface area contributed by atoms with Crippen LogP contribution in [-0.2, 0) is 7.05 Å². The maximum Gasteiger partial charge on any atom is 0.250 e. The summed E-state index contributed by atoms with van der Waals surface area (Å²) in [7, 11) is 3.50. The normalized spacial score (nSPS) is 11.4. The van der Waals surface area contributed by atoms with Crippen molar-refractivity contribution in [1.82, 2.24) is 14.5 Å². The average Bonchev–Trinajstić information content (AvgIpc) is 2.93. The molecule has 0 aliphatic carbocycles. The minimum atomic E-state index is -0.495. The number of nitrogens with zero attached hydrogens (tertiary/aromatic N) is 3. The smallest absolute Gasteiger partial charge is 0.250 e. The first kappa shape index (κ1) is 13.5. The third-order valence-corrected chi connectivity index (χ3v) is 4.09. The van der Waals surface area contributed by atoms with Crippen LogP contribution in [-0.4, -0.2) is 27.6 Å². The number of benzene rings is 2. The highest BCUT2D eigenvalue weighted by molar-refractivity contribution is 6.21. The number of carbonyl (C=O) groups is 1. The Morgan fingerprint density at radius 2 is 2.04 bits per heavy atom. The Morgan fingerprint density at radius 3 is 2.78 bits per heavy atom. The van der Waals surface area contributed by atoms with Crippen molar-refractivity contribution in [3.63, 3.8) is 0 Å². The van der Waals surface area contributed by atoms with Crippen LogP contribution >= 0.6 is 0 Å². The van der Waals surface area contributed by atoms with Gasteiger partial charge in [0.25, 0.3) is 0 Å². The molecule has 0 saturated heterocycles. The van der Waals surface area contributed by atoms with Crippen molar-refractivity contribution in [3.8, 4) is 5.75 Å². The van der Waals surface area contributed by atoms with Gasteiger partial charge in [-0.05, 0) is 24.3 Å². The van der Waals surface area contributed by atoms with Gasteiger partial charge in [-0.2, -0.15) is 0 Å². The Hall–Kier alpha value is -3.15. The number of rotatable bonds is 2. The monoisotopic (exact) mass is 306 g/mol. The summed E-state index contributed by atoms with van der Waals surface area (Å²) in [5.74, 6) is 0.185. The Kier molecular flexibility index (Phi) is 2.74. The average molecular weight is 306 g/mol. The van der Waals surface area contributed by atoms with Crippen LogP contribution in [0, 0.1) is 0 Å². The summed E-state index contributed by atoms with van der Waals surface area (Å²) in [6.07, 6.45) is 1.72. The second kappa shape index (κ2) is 4.67. The number of hydrogen-bond donors (Lipinski definition) is 1. The molecule has 6 heteroatoms. The van der Waals surface area contributed by atoms with Crippen molar-refractivity contribution in [2.75, 3.05) is 7.11 Å². The molecule has 23 heavy (non-hydrogen) atoms. The molecule has 0 unspecified atom stereocenters. The van der Waals surface area contributed by atoms with Crippen LogP contribution in [0.15, 0.2) is 36.7 Å². The van der Waals surface area contributed by atoms with E-state index in [2.05, 4.69) is 9.97 Å². The van der Waals surface area contributed by atoms with Crippen LogP contribution in [0.3, 0.4) is 0 Å². The molecule has 0 bridgehead atoms. The van der Waals surface area contributed by atoms with Gasteiger partial charge in [0, 0.05) is 23.9 Å². The van der Waals surface area contributed by atoms with Gasteiger partial charge in [-0.1, -0.05) is 0 Å². The molecule has 0 atom stereocenters. The summed E-state index contributed by atoms with van der Waals surface area (Å²) in [5.41, 5.74) is 9.13. The van der Waals surface area contributed by atoms with Gasteiger partial charge in [0.2, 0.25) is 5.91 Å². The Bertz CT molecular complexity index is 1100. The van der Waals surface area contributed by atoms with E-state index in [0.717, 1.165) is 11.0 Å². The maximum atomic E-state index is 12.2. The largest absolute Gasteiger partial charge is 0.497 e. The summed E-state index contributed by atoms with van der Waals surface area (Å²) in [4.78, 5) is 21.2. The van der Waals surface area contributed by atoms with Crippen molar-refractivity contribution in [2.45, 2.75) is 0 Å². The van der Waals surface area contributed by atoms with Crippen LogP contribution in [0.2, 0.25) is 0 Å². The Balaban J connectivity index is 2.27. The predicted molar refractivity (Wildman–Crippen MR) is 88.6 cm³/mol. The third-order valence-electron chi connectivity index (χ3n) is 4.09. The lowest BCUT2D eigenvalue weighted by molar-refractivity contribution is 0.100. The van der Waals surface area contributed by atoms with E-state index in [-0.39, 0.29) is 0 Å². The highest BCUT2D eigenvalue weighted by atomic mass is 16.5. The number of aryl methyl sites for hydroxylation is 1. The molecule has 0 fully saturated rings. The van der Waals surface area contributed by atoms with Crippen molar-refractivity contribution in [3.05, 3.63) is 42.2 Å². The van der Waals surface area contributed by atoms with E-state index in [0.29, 0.717) is 33.1 Å². The van der Waals surface area contributed by atoms with Gasteiger partial charge in [-0.15, -0.1) is 0 Å². The van der Waals surface area contributed by atoms with Crippen molar-refractivity contribution < 1.29 is 9.53 Å². The van der Waals surface area contributed by atoms with Gasteiger partial charge in [0.15, 0.2) is 0 Å².